The molecule has 0 spiro atoms. The minimum atomic E-state index is -0.00604. The lowest BCUT2D eigenvalue weighted by Crippen LogP contribution is -2.39. The van der Waals surface area contributed by atoms with Gasteiger partial charge in [-0.15, -0.1) is 0 Å². The van der Waals surface area contributed by atoms with Gasteiger partial charge in [0.15, 0.2) is 5.82 Å². The summed E-state index contributed by atoms with van der Waals surface area (Å²) in [4.78, 5) is 19.2. The van der Waals surface area contributed by atoms with Crippen LogP contribution >= 0.6 is 0 Å². The number of carbonyl (C=O) groups is 1. The molecule has 3 aromatic rings. The number of likely N-dealkylation sites (tertiary alicyclic amines) is 1. The van der Waals surface area contributed by atoms with E-state index in [1.165, 1.54) is 0 Å². The zero-order chi connectivity index (χ0) is 17.9. The van der Waals surface area contributed by atoms with E-state index in [1.807, 2.05) is 36.1 Å². The molecule has 1 fully saturated rings. The van der Waals surface area contributed by atoms with Gasteiger partial charge in [-0.2, -0.15) is 10.2 Å². The highest BCUT2D eigenvalue weighted by molar-refractivity contribution is 5.92. The molecule has 1 aliphatic heterocycles. The topological polar surface area (TPSA) is 103 Å². The van der Waals surface area contributed by atoms with Crippen LogP contribution in [-0.2, 0) is 0 Å². The third-order valence-corrected chi connectivity index (χ3v) is 4.59. The summed E-state index contributed by atoms with van der Waals surface area (Å²) >= 11 is 0. The fourth-order valence-electron chi connectivity index (χ4n) is 3.31. The largest absolute Gasteiger partial charge is 0.337 e. The number of aromatic nitrogens is 5. The van der Waals surface area contributed by atoms with Gasteiger partial charge in [0.2, 0.25) is 0 Å². The van der Waals surface area contributed by atoms with Crippen LogP contribution < -0.4 is 5.32 Å². The lowest BCUT2D eigenvalue weighted by molar-refractivity contribution is 0.0700. The Morgan fingerprint density at radius 1 is 1.27 bits per heavy atom. The Morgan fingerprint density at radius 3 is 2.96 bits per heavy atom. The maximum absolute atomic E-state index is 12.6. The van der Waals surface area contributed by atoms with Crippen LogP contribution in [-0.4, -0.2) is 49.3 Å². The first-order valence-electron chi connectivity index (χ1n) is 8.73. The third-order valence-electron chi connectivity index (χ3n) is 4.59. The molecule has 26 heavy (non-hydrogen) atoms. The standard InChI is InChI=1S/C18H21N7O/c1-12-10-17(24-22-12)21-16-6-2-5-14(20-16)13-4-3-9-25(11-13)18(26)15-7-8-19-23-15/h2,5-8,10,13H,3-4,9,11H2,1H3,(H,19,23)(H2,20,21,22,24)/t13-/m0/s1. The van der Waals surface area contributed by atoms with Crippen molar-refractivity contribution in [2.45, 2.75) is 25.7 Å². The molecule has 0 radical (unpaired) electrons. The average molecular weight is 351 g/mol. The normalized spacial score (nSPS) is 17.3. The van der Waals surface area contributed by atoms with Crippen molar-refractivity contribution in [1.82, 2.24) is 30.3 Å². The fraction of sp³-hybridized carbons (Fsp3) is 0.333. The van der Waals surface area contributed by atoms with Crippen molar-refractivity contribution in [1.29, 1.82) is 0 Å². The monoisotopic (exact) mass is 351 g/mol. The molecular weight excluding hydrogens is 330 g/mol. The predicted octanol–water partition coefficient (Wildman–Crippen LogP) is 2.60. The van der Waals surface area contributed by atoms with E-state index < -0.39 is 0 Å². The Hall–Kier alpha value is -3.16. The van der Waals surface area contributed by atoms with Crippen LogP contribution in [0.2, 0.25) is 0 Å². The van der Waals surface area contributed by atoms with Crippen LogP contribution in [0, 0.1) is 6.92 Å². The molecule has 3 aromatic heterocycles. The van der Waals surface area contributed by atoms with Gasteiger partial charge < -0.3 is 10.2 Å². The van der Waals surface area contributed by atoms with Crippen LogP contribution in [0.5, 0.6) is 0 Å². The van der Waals surface area contributed by atoms with Crippen molar-refractivity contribution in [2.24, 2.45) is 0 Å². The number of piperidine rings is 1. The third kappa shape index (κ3) is 3.44. The molecule has 0 unspecified atom stereocenters. The maximum Gasteiger partial charge on any atom is 0.271 e. The maximum atomic E-state index is 12.6. The Labute approximate surface area is 151 Å². The van der Waals surface area contributed by atoms with E-state index in [2.05, 4.69) is 25.7 Å². The molecule has 1 aliphatic rings. The van der Waals surface area contributed by atoms with Crippen LogP contribution in [0.1, 0.15) is 40.6 Å². The molecule has 8 nitrogen and oxygen atoms in total. The second-order valence-electron chi connectivity index (χ2n) is 6.57. The van der Waals surface area contributed by atoms with Crippen molar-refractivity contribution in [2.75, 3.05) is 18.4 Å². The van der Waals surface area contributed by atoms with Gasteiger partial charge in [-0.25, -0.2) is 4.98 Å². The lowest BCUT2D eigenvalue weighted by Gasteiger charge is -2.32. The number of aromatic amines is 2. The summed E-state index contributed by atoms with van der Waals surface area (Å²) in [6.07, 6.45) is 3.58. The summed E-state index contributed by atoms with van der Waals surface area (Å²) in [5, 5.41) is 16.9. The highest BCUT2D eigenvalue weighted by Gasteiger charge is 2.27. The first-order chi connectivity index (χ1) is 12.7. The summed E-state index contributed by atoms with van der Waals surface area (Å²) in [5.41, 5.74) is 2.51. The van der Waals surface area contributed by atoms with Gasteiger partial charge >= 0.3 is 0 Å². The van der Waals surface area contributed by atoms with E-state index in [9.17, 15) is 4.79 Å². The Bertz CT molecular complexity index is 887. The van der Waals surface area contributed by atoms with E-state index in [4.69, 9.17) is 4.98 Å². The molecule has 134 valence electrons. The molecular formula is C18H21N7O. The Morgan fingerprint density at radius 2 is 2.19 bits per heavy atom. The number of nitrogens with one attached hydrogen (secondary N) is 3. The van der Waals surface area contributed by atoms with E-state index in [1.54, 1.807) is 12.3 Å². The summed E-state index contributed by atoms with van der Waals surface area (Å²) in [6, 6.07) is 9.57. The zero-order valence-electron chi connectivity index (χ0n) is 14.6. The number of carbonyl (C=O) groups excluding carboxylic acids is 1. The Kier molecular flexibility index (Phi) is 4.39. The summed E-state index contributed by atoms with van der Waals surface area (Å²) in [7, 11) is 0. The summed E-state index contributed by atoms with van der Waals surface area (Å²) < 4.78 is 0. The highest BCUT2D eigenvalue weighted by Crippen LogP contribution is 2.27. The SMILES string of the molecule is Cc1cc(Nc2cccc([C@H]3CCCN(C(=O)c4ccn[nH]4)C3)n2)n[nH]1. The van der Waals surface area contributed by atoms with E-state index in [-0.39, 0.29) is 11.8 Å². The number of rotatable bonds is 4. The van der Waals surface area contributed by atoms with Crippen LogP contribution in [0.3, 0.4) is 0 Å². The van der Waals surface area contributed by atoms with Gasteiger partial charge in [-0.1, -0.05) is 6.07 Å². The smallest absolute Gasteiger partial charge is 0.271 e. The van der Waals surface area contributed by atoms with Crippen LogP contribution in [0.15, 0.2) is 36.5 Å². The second-order valence-corrected chi connectivity index (χ2v) is 6.57. The number of aryl methyl sites for hydroxylation is 1. The minimum absolute atomic E-state index is 0.00604. The first kappa shape index (κ1) is 16.3. The van der Waals surface area contributed by atoms with Gasteiger partial charge in [0.25, 0.3) is 5.91 Å². The Balaban J connectivity index is 1.48. The van der Waals surface area contributed by atoms with Gasteiger partial charge in [0, 0.05) is 42.7 Å². The van der Waals surface area contributed by atoms with Crippen molar-refractivity contribution < 1.29 is 4.79 Å². The predicted molar refractivity (Wildman–Crippen MR) is 97.3 cm³/mol. The molecule has 4 heterocycles. The number of pyridine rings is 1. The van der Waals surface area contributed by atoms with Crippen molar-refractivity contribution >= 4 is 17.5 Å². The summed E-state index contributed by atoms with van der Waals surface area (Å²) in [5.74, 6) is 1.71. The quantitative estimate of drug-likeness (QED) is 0.670. The van der Waals surface area contributed by atoms with Crippen molar-refractivity contribution in [3.63, 3.8) is 0 Å². The lowest BCUT2D eigenvalue weighted by atomic mass is 9.94. The first-order valence-corrected chi connectivity index (χ1v) is 8.73. The number of hydrogen-bond donors (Lipinski definition) is 3. The number of anilines is 2. The number of H-pyrrole nitrogens is 2. The number of nitrogens with zero attached hydrogens (tertiary/aromatic N) is 4. The molecule has 1 atom stereocenters. The van der Waals surface area contributed by atoms with Crippen LogP contribution in [0.25, 0.3) is 0 Å². The molecule has 0 aromatic carbocycles. The molecule has 1 amide bonds. The van der Waals surface area contributed by atoms with E-state index in [0.29, 0.717) is 12.2 Å². The molecule has 0 bridgehead atoms. The summed E-state index contributed by atoms with van der Waals surface area (Å²) in [6.45, 7) is 3.38. The zero-order valence-corrected chi connectivity index (χ0v) is 14.6. The van der Waals surface area contributed by atoms with Crippen molar-refractivity contribution in [3.05, 3.63) is 53.6 Å². The molecule has 0 saturated carbocycles. The van der Waals surface area contributed by atoms with Gasteiger partial charge in [0.1, 0.15) is 11.5 Å². The molecule has 1 saturated heterocycles. The highest BCUT2D eigenvalue weighted by atomic mass is 16.2. The van der Waals surface area contributed by atoms with Crippen LogP contribution in [0.4, 0.5) is 11.6 Å². The van der Waals surface area contributed by atoms with E-state index in [0.717, 1.165) is 42.4 Å². The molecule has 4 rings (SSSR count). The van der Waals surface area contributed by atoms with Gasteiger partial charge in [-0.3, -0.25) is 15.0 Å². The number of amides is 1. The molecule has 3 N–H and O–H groups in total. The van der Waals surface area contributed by atoms with Crippen molar-refractivity contribution in [3.8, 4) is 0 Å². The fourth-order valence-corrected chi connectivity index (χ4v) is 3.31. The minimum Gasteiger partial charge on any atom is -0.337 e. The second kappa shape index (κ2) is 6.99. The average Bonchev–Trinajstić information content (AvgIpc) is 3.33. The molecule has 8 heteroatoms. The number of hydrogen-bond acceptors (Lipinski definition) is 5. The molecule has 0 aliphatic carbocycles. The van der Waals surface area contributed by atoms with E-state index >= 15 is 0 Å². The van der Waals surface area contributed by atoms with Gasteiger partial charge in [-0.05, 0) is 38.0 Å². The van der Waals surface area contributed by atoms with Gasteiger partial charge in [0.05, 0.1) is 0 Å².